The van der Waals surface area contributed by atoms with Crippen LogP contribution in [0.4, 0.5) is 132 Å². The van der Waals surface area contributed by atoms with Gasteiger partial charge in [0, 0.05) is 111 Å². The Labute approximate surface area is 765 Å². The lowest BCUT2D eigenvalue weighted by Gasteiger charge is -2.14. The summed E-state index contributed by atoms with van der Waals surface area (Å²) >= 11 is 23.8. The molecule has 0 saturated heterocycles. The number of ether oxygens (including phenoxy) is 1. The first-order chi connectivity index (χ1) is 63.1. The van der Waals surface area contributed by atoms with Crippen LogP contribution in [-0.4, -0.2) is 92.9 Å². The highest BCUT2D eigenvalue weighted by molar-refractivity contribution is 7.93. The molecule has 3 aliphatic rings. The number of nitriles is 2. The van der Waals surface area contributed by atoms with Gasteiger partial charge < -0.3 is 68.5 Å². The largest absolute Gasteiger partial charge is 0.486 e. The monoisotopic (exact) mass is 1860 g/mol. The summed E-state index contributed by atoms with van der Waals surface area (Å²) in [6, 6.07) is 65.5. The van der Waals surface area contributed by atoms with Crippen LogP contribution in [0.25, 0.3) is 0 Å². The van der Waals surface area contributed by atoms with Crippen molar-refractivity contribution in [1.29, 1.82) is 10.5 Å². The van der Waals surface area contributed by atoms with E-state index < -0.39 is 60.6 Å². The van der Waals surface area contributed by atoms with E-state index in [1.165, 1.54) is 92.2 Å². The zero-order valence-corrected chi connectivity index (χ0v) is 72.3. The topological polar surface area (TPSA) is 432 Å². The third-order valence-electron chi connectivity index (χ3n) is 19.8. The number of hydrogen-bond donors (Lipinski definition) is 12. The van der Waals surface area contributed by atoms with Gasteiger partial charge in [0.15, 0.2) is 14.6 Å². The van der Waals surface area contributed by atoms with Gasteiger partial charge in [-0.2, -0.15) is 14.9 Å². The fourth-order valence-electron chi connectivity index (χ4n) is 12.3. The molecule has 31 nitrogen and oxygen atoms in total. The lowest BCUT2D eigenvalue weighted by molar-refractivity contribution is -0.120. The Morgan fingerprint density at radius 3 is 0.985 bits per heavy atom. The van der Waals surface area contributed by atoms with Crippen LogP contribution in [0.2, 0.25) is 20.1 Å². The summed E-state index contributed by atoms with van der Waals surface area (Å²) in [5, 5.41) is 54.6. The number of rotatable bonds is 28. The predicted molar refractivity (Wildman–Crippen MR) is 494 cm³/mol. The van der Waals surface area contributed by atoms with Crippen molar-refractivity contribution in [3.63, 3.8) is 0 Å². The average molecular weight is 1860 g/mol. The minimum absolute atomic E-state index is 0.00701. The van der Waals surface area contributed by atoms with Gasteiger partial charge in [0.1, 0.15) is 112 Å². The van der Waals surface area contributed by atoms with E-state index in [1.807, 2.05) is 42.5 Å². The van der Waals surface area contributed by atoms with E-state index >= 15 is 0 Å². The Balaban J connectivity index is 0.000000141. The SMILES string of the molecule is CS(=O)(=O)C1(C(=O)Nc2cccc(Nc3cc(Nc4ccc(F)c(Cl)c4)ncn3)c2)CC1.N#CC1(C(=O)Nc2cccc(Nc3cc(Nc4ccc(F)c(Cl)c4)ncn3)c2)CC1.N#CC1(C(=O)Nc2cccc(Nc3cc(Nc4ccc(OCc5ccccn5)c(Cl)c4)ncn3)c2)CC1.O=C(Nc1cccc(Nc2cc(Nc3ccc(F)c(Cl)c3)ncn2)c1)c1cccnc1F. The van der Waals surface area contributed by atoms with Crippen molar-refractivity contribution in [3.05, 3.63) is 317 Å². The van der Waals surface area contributed by atoms with Crippen LogP contribution >= 0.6 is 46.4 Å². The minimum atomic E-state index is -3.49. The maximum absolute atomic E-state index is 13.7. The molecule has 131 heavy (non-hydrogen) atoms. The molecule has 0 bridgehead atoms. The van der Waals surface area contributed by atoms with E-state index in [4.69, 9.17) is 56.4 Å². The van der Waals surface area contributed by atoms with Crippen LogP contribution in [0.15, 0.2) is 262 Å². The smallest absolute Gasteiger partial charge is 0.260 e. The summed E-state index contributed by atoms with van der Waals surface area (Å²) in [5.41, 5.74) is 6.10. The fourth-order valence-corrected chi connectivity index (χ4v) is 14.3. The van der Waals surface area contributed by atoms with Crippen molar-refractivity contribution in [2.45, 2.75) is 49.9 Å². The second-order valence-electron chi connectivity index (χ2n) is 29.4. The normalized spacial score (nSPS) is 13.0. The summed E-state index contributed by atoms with van der Waals surface area (Å²) in [5.74, 6) is 0.461. The standard InChI is InChI=1S/C27H22ClN7O2.C22H15ClF2N6O.C21H16ClFN6O.C21H19ClFN5O3S/c28-22-13-20(7-8-23(22)37-15-21-4-1-2-11-30-21)34-25-14-24(31-17-32-25)33-18-5-3-6-19(12-18)35-26(36)27(16-29)9-10-27;23-17-10-15(6-7-18(17)24)30-20-11-19(27-12-28-20)29-13-3-1-4-14(9-13)31-22(32)16-5-2-8-26-21(16)25;22-16-9-15(4-5-17(16)23)28-19-10-18(25-12-26-19)27-13-2-1-3-14(8-13)29-20(30)21(11-24)6-7-21;1-32(30,31)21(7-8-21)20(29)28-14-4-2-3-13(9-14)26-18-11-19(25-12-24-18)27-15-5-6-17(23)16(22)10-15/h1-8,11-14,17H,9-10,15H2,(H,35,36)(H2,31,32,33,34);1-12H,(H,31,32)(H2,27,28,29,30);1-5,8-10,12H,6-7H2,(H,29,30)(H2,25,26,27,28);2-6,9-12H,7-8H2,1H3,(H,28,29)(H2,24,25,26,27). The molecule has 3 fully saturated rings. The summed E-state index contributed by atoms with van der Waals surface area (Å²) in [7, 11) is -3.49. The van der Waals surface area contributed by atoms with Gasteiger partial charge in [0.2, 0.25) is 23.7 Å². The van der Waals surface area contributed by atoms with E-state index in [-0.39, 0.29) is 32.4 Å². The van der Waals surface area contributed by atoms with Crippen LogP contribution in [0.1, 0.15) is 54.6 Å². The van der Waals surface area contributed by atoms with Crippen LogP contribution in [-0.2, 0) is 30.8 Å². The van der Waals surface area contributed by atoms with Crippen molar-refractivity contribution in [3.8, 4) is 17.9 Å². The van der Waals surface area contributed by atoms with Gasteiger partial charge in [-0.25, -0.2) is 66.4 Å². The zero-order valence-electron chi connectivity index (χ0n) is 68.4. The lowest BCUT2D eigenvalue weighted by Crippen LogP contribution is -2.36. The van der Waals surface area contributed by atoms with Crippen molar-refractivity contribution < 1.29 is 49.9 Å². The molecule has 3 saturated carbocycles. The van der Waals surface area contributed by atoms with E-state index in [0.29, 0.717) is 159 Å². The van der Waals surface area contributed by atoms with Gasteiger partial charge in [-0.15, -0.1) is 0 Å². The number of halogens is 8. The van der Waals surface area contributed by atoms with Gasteiger partial charge in [-0.1, -0.05) is 76.7 Å². The Hall–Kier alpha value is -15.7. The molecule has 660 valence electrons. The molecule has 0 unspecified atom stereocenters. The van der Waals surface area contributed by atoms with Crippen molar-refractivity contribution in [2.24, 2.45) is 10.8 Å². The van der Waals surface area contributed by atoms with Crippen molar-refractivity contribution in [1.82, 2.24) is 49.8 Å². The molecule has 4 amide bonds. The van der Waals surface area contributed by atoms with Crippen molar-refractivity contribution in [2.75, 3.05) is 70.1 Å². The van der Waals surface area contributed by atoms with Crippen LogP contribution in [0, 0.1) is 56.9 Å². The first kappa shape index (κ1) is 91.5. The van der Waals surface area contributed by atoms with Crippen molar-refractivity contribution >= 4 is 195 Å². The number of carbonyl (C=O) groups is 4. The Morgan fingerprint density at radius 1 is 0.359 bits per heavy atom. The van der Waals surface area contributed by atoms with Crippen LogP contribution in [0.3, 0.4) is 0 Å². The van der Waals surface area contributed by atoms with Gasteiger partial charge in [0.25, 0.3) is 5.91 Å². The quantitative estimate of drug-likeness (QED) is 0.0160. The maximum atomic E-state index is 13.7. The molecule has 6 heterocycles. The summed E-state index contributed by atoms with van der Waals surface area (Å²) in [6.45, 7) is 0.318. The van der Waals surface area contributed by atoms with Crippen LogP contribution < -0.4 is 68.5 Å². The van der Waals surface area contributed by atoms with E-state index in [9.17, 15) is 50.4 Å². The van der Waals surface area contributed by atoms with Gasteiger partial charge in [-0.05, 0) is 208 Å². The average Bonchev–Trinajstić information content (AvgIpc) is 1.58. The molecule has 0 atom stereocenters. The molecule has 6 aromatic heterocycles. The molecule has 8 aromatic carbocycles. The Morgan fingerprint density at radius 2 is 0.679 bits per heavy atom. The van der Waals surface area contributed by atoms with E-state index in [0.717, 1.165) is 23.3 Å². The van der Waals surface area contributed by atoms with Gasteiger partial charge >= 0.3 is 0 Å². The summed E-state index contributed by atoms with van der Waals surface area (Å²) < 4.78 is 82.0. The van der Waals surface area contributed by atoms with Crippen LogP contribution in [0.5, 0.6) is 5.75 Å². The maximum Gasteiger partial charge on any atom is 0.260 e. The molecule has 14 aromatic rings. The lowest BCUT2D eigenvalue weighted by atomic mass is 10.1. The molecule has 0 aliphatic heterocycles. The third kappa shape index (κ3) is 24.9. The molecule has 3 aliphatic carbocycles. The van der Waals surface area contributed by atoms with E-state index in [2.05, 4.69) is 126 Å². The molecule has 0 radical (unpaired) electrons. The highest BCUT2D eigenvalue weighted by Gasteiger charge is 2.59. The van der Waals surface area contributed by atoms with E-state index in [1.54, 1.807) is 128 Å². The number of sulfone groups is 1. The summed E-state index contributed by atoms with van der Waals surface area (Å²) in [4.78, 5) is 90.6. The van der Waals surface area contributed by atoms with Gasteiger partial charge in [-0.3, -0.25) is 24.2 Å². The minimum Gasteiger partial charge on any atom is -0.486 e. The fraction of sp³-hybridized carbons (Fsp3) is 0.121. The molecular formula is C91H72Cl4F4N24O7S. The highest BCUT2D eigenvalue weighted by atomic mass is 35.5. The van der Waals surface area contributed by atoms with Gasteiger partial charge in [0.05, 0.1) is 43.5 Å². The number of aromatic nitrogens is 10. The number of anilines is 20. The molecule has 12 N–H and O–H groups in total. The number of carbonyl (C=O) groups excluding carboxylic acids is 4. The number of nitrogens with zero attached hydrogens (tertiary/aromatic N) is 12. The Kier molecular flexibility index (Phi) is 28.9. The third-order valence-corrected chi connectivity index (χ3v) is 22.9. The zero-order chi connectivity index (χ0) is 92.2. The number of pyridine rings is 2. The first-order valence-corrected chi connectivity index (χ1v) is 43.0. The molecular weight excluding hydrogens is 1790 g/mol. The number of hydrogen-bond acceptors (Lipinski definition) is 27. The first-order valence-electron chi connectivity index (χ1n) is 39.5. The second kappa shape index (κ2) is 41.4. The Bertz CT molecular complexity index is 6820. The second-order valence-corrected chi connectivity index (χ2v) is 33.4. The summed E-state index contributed by atoms with van der Waals surface area (Å²) in [6.07, 6.45) is 12.6. The number of benzene rings is 8. The number of amides is 4. The number of nitrogens with one attached hydrogen (secondary N) is 12. The molecule has 40 heteroatoms. The predicted octanol–water partition coefficient (Wildman–Crippen LogP) is 20.6. The molecule has 0 spiro atoms. The molecule has 17 rings (SSSR count). The highest BCUT2D eigenvalue weighted by Crippen LogP contribution is 2.48.